The molecule has 0 unspecified atom stereocenters. The number of alkyl halides is 3. The number of benzene rings is 5. The van der Waals surface area contributed by atoms with Crippen LogP contribution in [0.3, 0.4) is 0 Å². The minimum Gasteiger partial charge on any atom is -0.506 e. The Morgan fingerprint density at radius 3 is 2.37 bits per heavy atom. The lowest BCUT2D eigenvalue weighted by Crippen LogP contribution is -2.52. The van der Waals surface area contributed by atoms with Crippen molar-refractivity contribution in [2.24, 2.45) is 5.92 Å². The van der Waals surface area contributed by atoms with Gasteiger partial charge in [0.1, 0.15) is 30.0 Å². The van der Waals surface area contributed by atoms with Crippen LogP contribution in [0.5, 0.6) is 17.2 Å². The third kappa shape index (κ3) is 12.1. The summed E-state index contributed by atoms with van der Waals surface area (Å²) in [6.07, 6.45) is -4.14. The summed E-state index contributed by atoms with van der Waals surface area (Å²) in [6, 6.07) is 34.8. The second-order valence-corrected chi connectivity index (χ2v) is 16.9. The van der Waals surface area contributed by atoms with Crippen molar-refractivity contribution in [3.05, 3.63) is 171 Å². The molecule has 3 aliphatic rings. The highest BCUT2D eigenvalue weighted by molar-refractivity contribution is 5.94. The van der Waals surface area contributed by atoms with E-state index in [0.29, 0.717) is 41.1 Å². The van der Waals surface area contributed by atoms with Gasteiger partial charge in [0.05, 0.1) is 17.7 Å². The van der Waals surface area contributed by atoms with Crippen molar-refractivity contribution in [3.63, 3.8) is 0 Å². The number of nitrogens with zero attached hydrogens (tertiary/aromatic N) is 2. The zero-order chi connectivity index (χ0) is 46.9. The topological polar surface area (TPSA) is 166 Å². The maximum atomic E-state index is 14.1. The van der Waals surface area contributed by atoms with Crippen LogP contribution in [0.25, 0.3) is 10.9 Å². The average molecular weight is 920 g/mol. The zero-order valence-corrected chi connectivity index (χ0v) is 36.6. The standard InChI is InChI=1S/C51H52F3N5O8/c52-51(53,54)67-44-13-5-4-10-38(44)30-59(25-7-24-55-29-43(61)40-18-20-42(60)48-41(40)19-21-46(62)56-48)49(63)36-16-14-33(15-17-36)32-65-39-12-6-11-37(28-39)47(35-8-2-1-3-9-35)57-50(64)66-45-31-58-26-22-34(45)23-27-58/h1-6,8-21,28,34,43,45,47,55,60-61H,7,22-27,29-32H2,(H,56,62)(H,57,64)/t43-,45-,47-/m0/s1. The summed E-state index contributed by atoms with van der Waals surface area (Å²) in [5.41, 5.74) is 3.20. The number of amides is 2. The Balaban J connectivity index is 0.909. The number of alkyl carbamates (subject to hydrolysis) is 1. The molecule has 350 valence electrons. The summed E-state index contributed by atoms with van der Waals surface area (Å²) < 4.78 is 56.6. The lowest BCUT2D eigenvalue weighted by Gasteiger charge is -2.43. The molecule has 6 aromatic rings. The number of aromatic nitrogens is 1. The quantitative estimate of drug-likeness (QED) is 0.0534. The highest BCUT2D eigenvalue weighted by atomic mass is 19.4. The lowest BCUT2D eigenvalue weighted by molar-refractivity contribution is -0.275. The minimum absolute atomic E-state index is 0.0991. The second-order valence-electron chi connectivity index (χ2n) is 16.9. The number of ether oxygens (including phenoxy) is 3. The van der Waals surface area contributed by atoms with Crippen molar-refractivity contribution in [2.75, 3.05) is 39.3 Å². The van der Waals surface area contributed by atoms with Crippen LogP contribution in [0, 0.1) is 5.92 Å². The van der Waals surface area contributed by atoms with Gasteiger partial charge >= 0.3 is 12.5 Å². The van der Waals surface area contributed by atoms with Crippen LogP contribution in [0.15, 0.2) is 132 Å². The van der Waals surface area contributed by atoms with Gasteiger partial charge in [-0.25, -0.2) is 4.79 Å². The maximum absolute atomic E-state index is 14.1. The largest absolute Gasteiger partial charge is 0.573 e. The number of aromatic amines is 1. The Labute approximate surface area is 385 Å². The third-order valence-corrected chi connectivity index (χ3v) is 12.3. The summed E-state index contributed by atoms with van der Waals surface area (Å²) >= 11 is 0. The SMILES string of the molecule is O=C(N[C@@H](c1ccccc1)c1cccc(OCc2ccc(C(=O)N(CCCNC[C@H](O)c3ccc(O)c4[nH]c(=O)ccc34)Cc3ccccc3OC(F)(F)F)cc2)c1)O[C@H]1CN2CCC1CC2. The van der Waals surface area contributed by atoms with Gasteiger partial charge in [-0.3, -0.25) is 14.5 Å². The van der Waals surface area contributed by atoms with Crippen molar-refractivity contribution in [1.82, 2.24) is 25.4 Å². The number of hydrogen-bond acceptors (Lipinski definition) is 10. The number of fused-ring (bicyclic) bond motifs is 4. The van der Waals surface area contributed by atoms with Crippen molar-refractivity contribution >= 4 is 22.9 Å². The predicted molar refractivity (Wildman–Crippen MR) is 245 cm³/mol. The van der Waals surface area contributed by atoms with Gasteiger partial charge < -0.3 is 44.9 Å². The van der Waals surface area contributed by atoms with Crippen LogP contribution in [0.4, 0.5) is 18.0 Å². The van der Waals surface area contributed by atoms with E-state index in [-0.39, 0.29) is 49.2 Å². The maximum Gasteiger partial charge on any atom is 0.573 e. The van der Waals surface area contributed by atoms with Crippen LogP contribution in [-0.2, 0) is 17.9 Å². The number of halogens is 3. The molecule has 0 spiro atoms. The fraction of sp³-hybridized carbons (Fsp3) is 0.314. The van der Waals surface area contributed by atoms with Crippen LogP contribution < -0.4 is 25.7 Å². The van der Waals surface area contributed by atoms with Crippen molar-refractivity contribution in [3.8, 4) is 17.2 Å². The van der Waals surface area contributed by atoms with Crippen molar-refractivity contribution in [2.45, 2.75) is 57.0 Å². The van der Waals surface area contributed by atoms with Crippen LogP contribution in [-0.4, -0.2) is 88.7 Å². The fourth-order valence-electron chi connectivity index (χ4n) is 8.82. The van der Waals surface area contributed by atoms with E-state index in [1.54, 1.807) is 36.4 Å². The molecule has 3 atom stereocenters. The number of aliphatic hydroxyl groups is 1. The fourth-order valence-corrected chi connectivity index (χ4v) is 8.82. The van der Waals surface area contributed by atoms with Gasteiger partial charge in [0.15, 0.2) is 0 Å². The van der Waals surface area contributed by atoms with Gasteiger partial charge in [0.2, 0.25) is 5.56 Å². The second kappa shape index (κ2) is 21.2. The van der Waals surface area contributed by atoms with E-state index in [2.05, 4.69) is 25.3 Å². The zero-order valence-electron chi connectivity index (χ0n) is 36.6. The number of carbonyl (C=O) groups is 2. The van der Waals surface area contributed by atoms with Crippen LogP contribution in [0.2, 0.25) is 0 Å². The molecular weight excluding hydrogens is 868 g/mol. The van der Waals surface area contributed by atoms with E-state index in [1.165, 1.54) is 41.3 Å². The third-order valence-electron chi connectivity index (χ3n) is 12.3. The van der Waals surface area contributed by atoms with Crippen molar-refractivity contribution < 1.29 is 47.2 Å². The number of carbonyl (C=O) groups excluding carboxylic acids is 2. The number of H-pyrrole nitrogens is 1. The molecule has 5 N–H and O–H groups in total. The number of phenolic OH excluding ortho intramolecular Hbond substituents is 1. The molecule has 9 rings (SSSR count). The molecule has 2 amide bonds. The molecule has 13 nitrogen and oxygen atoms in total. The van der Waals surface area contributed by atoms with Crippen LogP contribution in [0.1, 0.15) is 69.6 Å². The Hall–Kier alpha value is -6.88. The first-order valence-corrected chi connectivity index (χ1v) is 22.3. The number of rotatable bonds is 18. The van der Waals surface area contributed by atoms with Gasteiger partial charge in [-0.2, -0.15) is 0 Å². The van der Waals surface area contributed by atoms with Gasteiger partial charge in [0, 0.05) is 48.8 Å². The number of phenols is 1. The van der Waals surface area contributed by atoms with E-state index in [0.717, 1.165) is 49.2 Å². The first-order valence-electron chi connectivity index (χ1n) is 22.3. The van der Waals surface area contributed by atoms with Gasteiger partial charge in [-0.15, -0.1) is 13.2 Å². The van der Waals surface area contributed by atoms with E-state index >= 15 is 0 Å². The molecule has 5 aromatic carbocycles. The Kier molecular flexibility index (Phi) is 14.7. The van der Waals surface area contributed by atoms with E-state index < -0.39 is 41.8 Å². The molecule has 4 heterocycles. The number of hydrogen-bond donors (Lipinski definition) is 5. The number of aliphatic hydroxyl groups excluding tert-OH is 1. The number of pyridine rings is 1. The lowest BCUT2D eigenvalue weighted by atomic mass is 9.86. The molecule has 3 fully saturated rings. The first kappa shape index (κ1) is 46.6. The predicted octanol–water partition coefficient (Wildman–Crippen LogP) is 7.98. The average Bonchev–Trinajstić information content (AvgIpc) is 3.33. The summed E-state index contributed by atoms with van der Waals surface area (Å²) in [4.78, 5) is 45.6. The molecule has 1 aromatic heterocycles. The van der Waals surface area contributed by atoms with E-state index in [4.69, 9.17) is 9.47 Å². The molecule has 0 radical (unpaired) electrons. The summed E-state index contributed by atoms with van der Waals surface area (Å²) in [5, 5.41) is 28.0. The van der Waals surface area contributed by atoms with Crippen molar-refractivity contribution in [1.29, 1.82) is 0 Å². The summed E-state index contributed by atoms with van der Waals surface area (Å²) in [6.45, 7) is 3.38. The van der Waals surface area contributed by atoms with Gasteiger partial charge in [-0.1, -0.05) is 78.9 Å². The molecule has 2 bridgehead atoms. The number of nitrogens with one attached hydrogen (secondary N) is 3. The smallest absolute Gasteiger partial charge is 0.506 e. The highest BCUT2D eigenvalue weighted by Gasteiger charge is 2.37. The molecule has 3 saturated heterocycles. The Morgan fingerprint density at radius 2 is 1.63 bits per heavy atom. The summed E-state index contributed by atoms with van der Waals surface area (Å²) in [5.74, 6) is -0.0290. The molecule has 16 heteroatoms. The summed E-state index contributed by atoms with van der Waals surface area (Å²) in [7, 11) is 0. The normalized spacial score (nSPS) is 17.6. The molecule has 3 aliphatic heterocycles. The Morgan fingerprint density at radius 1 is 0.881 bits per heavy atom. The number of para-hydroxylation sites is 1. The molecule has 67 heavy (non-hydrogen) atoms. The first-order chi connectivity index (χ1) is 32.4. The van der Waals surface area contributed by atoms with Gasteiger partial charge in [-0.05, 0) is 110 Å². The number of aromatic hydroxyl groups is 1. The highest BCUT2D eigenvalue weighted by Crippen LogP contribution is 2.32. The Bertz CT molecular complexity index is 2690. The number of piperidine rings is 3. The molecular formula is C51H52F3N5O8. The van der Waals surface area contributed by atoms with Gasteiger partial charge in [0.25, 0.3) is 5.91 Å². The molecule has 0 aliphatic carbocycles. The minimum atomic E-state index is -4.94. The monoisotopic (exact) mass is 919 g/mol. The van der Waals surface area contributed by atoms with E-state index in [1.807, 2.05) is 54.6 Å². The molecule has 0 saturated carbocycles. The van der Waals surface area contributed by atoms with E-state index in [9.17, 15) is 37.8 Å². The van der Waals surface area contributed by atoms with Crippen LogP contribution >= 0.6 is 0 Å².